The first-order valence-corrected chi connectivity index (χ1v) is 6.02. The quantitative estimate of drug-likeness (QED) is 0.853. The Morgan fingerprint density at radius 3 is 2.40 bits per heavy atom. The zero-order chi connectivity index (χ0) is 14.6. The van der Waals surface area contributed by atoms with Crippen molar-refractivity contribution in [2.75, 3.05) is 19.5 Å². The van der Waals surface area contributed by atoms with E-state index in [9.17, 15) is 8.78 Å². The molecule has 0 aliphatic carbocycles. The second-order valence-electron chi connectivity index (χ2n) is 4.26. The normalized spacial score (nSPS) is 11.2. The summed E-state index contributed by atoms with van der Waals surface area (Å²) in [7, 11) is 1.48. The van der Waals surface area contributed by atoms with Gasteiger partial charge in [-0.25, -0.2) is 0 Å². The molecule has 2 aromatic rings. The van der Waals surface area contributed by atoms with Gasteiger partial charge in [0.15, 0.2) is 6.61 Å². The molecule has 0 bridgehead atoms. The van der Waals surface area contributed by atoms with E-state index in [1.165, 1.54) is 31.4 Å². The van der Waals surface area contributed by atoms with Crippen LogP contribution in [0, 0.1) is 0 Å². The number of alkyl halides is 2. The summed E-state index contributed by atoms with van der Waals surface area (Å²) in [6, 6.07) is 12.1. The van der Waals surface area contributed by atoms with Gasteiger partial charge in [0.2, 0.25) is 0 Å². The van der Waals surface area contributed by atoms with Crippen molar-refractivity contribution in [2.45, 2.75) is 5.92 Å². The number of hydrogen-bond acceptors (Lipinski definition) is 3. The Morgan fingerprint density at radius 2 is 1.80 bits per heavy atom. The third-order valence-corrected chi connectivity index (χ3v) is 2.82. The number of ether oxygens (including phenoxy) is 2. The molecule has 0 aromatic heterocycles. The van der Waals surface area contributed by atoms with E-state index in [1.54, 1.807) is 24.3 Å². The Labute approximate surface area is 115 Å². The van der Waals surface area contributed by atoms with Crippen molar-refractivity contribution < 1.29 is 18.3 Å². The van der Waals surface area contributed by atoms with Crippen LogP contribution in [0.1, 0.15) is 5.56 Å². The molecule has 106 valence electrons. The van der Waals surface area contributed by atoms with Crippen molar-refractivity contribution in [3.8, 4) is 11.5 Å². The van der Waals surface area contributed by atoms with Crippen molar-refractivity contribution in [3.63, 3.8) is 0 Å². The lowest BCUT2D eigenvalue weighted by molar-refractivity contribution is -0.0467. The van der Waals surface area contributed by atoms with Gasteiger partial charge < -0.3 is 15.2 Å². The highest BCUT2D eigenvalue weighted by molar-refractivity contribution is 5.56. The molecule has 0 heterocycles. The molecule has 3 nitrogen and oxygen atoms in total. The van der Waals surface area contributed by atoms with Gasteiger partial charge in [-0.3, -0.25) is 0 Å². The zero-order valence-corrected chi connectivity index (χ0v) is 11.0. The SMILES string of the molecule is COc1ccc(OCC(F)(F)c2ccccc2)cc1N. The highest BCUT2D eigenvalue weighted by atomic mass is 19.3. The predicted molar refractivity (Wildman–Crippen MR) is 73.2 cm³/mol. The highest BCUT2D eigenvalue weighted by Gasteiger charge is 2.32. The molecule has 0 saturated heterocycles. The number of nitrogens with two attached hydrogens (primary N) is 1. The fourth-order valence-corrected chi connectivity index (χ4v) is 1.74. The Morgan fingerprint density at radius 1 is 1.10 bits per heavy atom. The fourth-order valence-electron chi connectivity index (χ4n) is 1.74. The number of benzene rings is 2. The van der Waals surface area contributed by atoms with Gasteiger partial charge in [-0.1, -0.05) is 30.3 Å². The van der Waals surface area contributed by atoms with E-state index in [4.69, 9.17) is 15.2 Å². The van der Waals surface area contributed by atoms with Crippen molar-refractivity contribution in [1.29, 1.82) is 0 Å². The van der Waals surface area contributed by atoms with Gasteiger partial charge in [0, 0.05) is 11.6 Å². The summed E-state index contributed by atoms with van der Waals surface area (Å²) >= 11 is 0. The maximum absolute atomic E-state index is 13.9. The molecule has 0 fully saturated rings. The van der Waals surface area contributed by atoms with Gasteiger partial charge in [0.1, 0.15) is 11.5 Å². The minimum atomic E-state index is -3.06. The highest BCUT2D eigenvalue weighted by Crippen LogP contribution is 2.30. The van der Waals surface area contributed by atoms with E-state index in [2.05, 4.69) is 0 Å². The van der Waals surface area contributed by atoms with Crippen LogP contribution in [0.15, 0.2) is 48.5 Å². The lowest BCUT2D eigenvalue weighted by atomic mass is 10.1. The Kier molecular flexibility index (Phi) is 4.08. The van der Waals surface area contributed by atoms with E-state index in [-0.39, 0.29) is 11.3 Å². The minimum Gasteiger partial charge on any atom is -0.495 e. The maximum Gasteiger partial charge on any atom is 0.306 e. The summed E-state index contributed by atoms with van der Waals surface area (Å²) in [4.78, 5) is 0. The monoisotopic (exact) mass is 279 g/mol. The van der Waals surface area contributed by atoms with Gasteiger partial charge in [0.05, 0.1) is 12.8 Å². The van der Waals surface area contributed by atoms with Gasteiger partial charge >= 0.3 is 5.92 Å². The number of rotatable bonds is 5. The summed E-state index contributed by atoms with van der Waals surface area (Å²) in [5.41, 5.74) is 5.95. The number of methoxy groups -OCH3 is 1. The van der Waals surface area contributed by atoms with Crippen LogP contribution in [0.4, 0.5) is 14.5 Å². The maximum atomic E-state index is 13.9. The molecule has 0 radical (unpaired) electrons. The van der Waals surface area contributed by atoms with Crippen molar-refractivity contribution in [3.05, 3.63) is 54.1 Å². The van der Waals surface area contributed by atoms with Crippen LogP contribution in [0.25, 0.3) is 0 Å². The van der Waals surface area contributed by atoms with Crippen LogP contribution < -0.4 is 15.2 Å². The van der Waals surface area contributed by atoms with Crippen molar-refractivity contribution >= 4 is 5.69 Å². The lowest BCUT2D eigenvalue weighted by Crippen LogP contribution is -2.23. The molecule has 0 atom stereocenters. The summed E-state index contributed by atoms with van der Waals surface area (Å²) in [6.07, 6.45) is 0. The molecule has 5 heteroatoms. The summed E-state index contributed by atoms with van der Waals surface area (Å²) < 4.78 is 37.9. The van der Waals surface area contributed by atoms with E-state index < -0.39 is 12.5 Å². The number of hydrogen-bond donors (Lipinski definition) is 1. The third-order valence-electron chi connectivity index (χ3n) is 2.82. The predicted octanol–water partition coefficient (Wildman–Crippen LogP) is 3.45. The van der Waals surface area contributed by atoms with Crippen LogP contribution in [-0.4, -0.2) is 13.7 Å². The largest absolute Gasteiger partial charge is 0.495 e. The zero-order valence-electron chi connectivity index (χ0n) is 11.0. The lowest BCUT2D eigenvalue weighted by Gasteiger charge is -2.18. The molecule has 20 heavy (non-hydrogen) atoms. The van der Waals surface area contributed by atoms with Crippen LogP contribution in [0.5, 0.6) is 11.5 Å². The Balaban J connectivity index is 2.06. The first-order chi connectivity index (χ1) is 9.53. The van der Waals surface area contributed by atoms with E-state index in [1.807, 2.05) is 0 Å². The van der Waals surface area contributed by atoms with Crippen LogP contribution in [-0.2, 0) is 5.92 Å². The molecule has 0 unspecified atom stereocenters. The van der Waals surface area contributed by atoms with Crippen LogP contribution in [0.3, 0.4) is 0 Å². The second-order valence-corrected chi connectivity index (χ2v) is 4.26. The number of anilines is 1. The molecular formula is C15H15F2NO2. The van der Waals surface area contributed by atoms with Gasteiger partial charge in [0.25, 0.3) is 0 Å². The molecule has 0 spiro atoms. The van der Waals surface area contributed by atoms with Gasteiger partial charge in [-0.2, -0.15) is 8.78 Å². The summed E-state index contributed by atoms with van der Waals surface area (Å²) in [5, 5.41) is 0. The van der Waals surface area contributed by atoms with E-state index in [0.29, 0.717) is 11.4 Å². The van der Waals surface area contributed by atoms with Gasteiger partial charge in [-0.05, 0) is 12.1 Å². The number of halogens is 2. The Bertz CT molecular complexity index is 573. The molecular weight excluding hydrogens is 264 g/mol. The molecule has 0 saturated carbocycles. The van der Waals surface area contributed by atoms with E-state index >= 15 is 0 Å². The van der Waals surface area contributed by atoms with Crippen LogP contribution in [0.2, 0.25) is 0 Å². The molecule has 2 N–H and O–H groups in total. The third kappa shape index (κ3) is 3.17. The summed E-state index contributed by atoms with van der Waals surface area (Å²) in [5.74, 6) is -2.30. The molecule has 0 amide bonds. The average Bonchev–Trinajstić information content (AvgIpc) is 2.46. The number of nitrogen functional groups attached to an aromatic ring is 1. The molecule has 0 aliphatic rings. The van der Waals surface area contributed by atoms with Crippen LogP contribution >= 0.6 is 0 Å². The standard InChI is InChI=1S/C15H15F2NO2/c1-19-14-8-7-12(9-13(14)18)20-10-15(16,17)11-5-3-2-4-6-11/h2-9H,10,18H2,1H3. The van der Waals surface area contributed by atoms with E-state index in [0.717, 1.165) is 0 Å². The smallest absolute Gasteiger partial charge is 0.306 e. The van der Waals surface area contributed by atoms with Crippen molar-refractivity contribution in [2.24, 2.45) is 0 Å². The molecule has 2 aromatic carbocycles. The first kappa shape index (κ1) is 14.1. The second kappa shape index (κ2) is 5.77. The van der Waals surface area contributed by atoms with Crippen molar-refractivity contribution in [1.82, 2.24) is 0 Å². The minimum absolute atomic E-state index is 0.0820. The molecule has 2 rings (SSSR count). The fraction of sp³-hybridized carbons (Fsp3) is 0.200. The summed E-state index contributed by atoms with van der Waals surface area (Å²) in [6.45, 7) is -0.747. The first-order valence-electron chi connectivity index (χ1n) is 6.02. The topological polar surface area (TPSA) is 44.5 Å². The average molecular weight is 279 g/mol. The Hall–Kier alpha value is -2.30. The molecule has 0 aliphatic heterocycles. The van der Waals surface area contributed by atoms with Gasteiger partial charge in [-0.15, -0.1) is 0 Å².